The molecule has 3 aromatic carbocycles. The van der Waals surface area contributed by atoms with Gasteiger partial charge in [-0.15, -0.1) is 0 Å². The number of hydrogen-bond donors (Lipinski definition) is 3. The lowest BCUT2D eigenvalue weighted by Crippen LogP contribution is -2.32. The predicted octanol–water partition coefficient (Wildman–Crippen LogP) is 0.529. The number of fused-ring (bicyclic) bond motifs is 1. The van der Waals surface area contributed by atoms with Crippen molar-refractivity contribution < 1.29 is 14.7 Å². The van der Waals surface area contributed by atoms with Gasteiger partial charge < -0.3 is 16.6 Å². The molecule has 0 unspecified atom stereocenters. The summed E-state index contributed by atoms with van der Waals surface area (Å²) in [6.45, 7) is 0. The van der Waals surface area contributed by atoms with E-state index in [0.29, 0.717) is 0 Å². The zero-order chi connectivity index (χ0) is 16.9. The lowest BCUT2D eigenvalue weighted by molar-refractivity contribution is 0.0698. The smallest absolute Gasteiger partial charge is 0.337 e. The van der Waals surface area contributed by atoms with Crippen LogP contribution in [0.5, 0.6) is 0 Å². The number of hydrogen-bond acceptors (Lipinski definition) is 6. The van der Waals surface area contributed by atoms with Gasteiger partial charge in [-0.05, 0) is 24.3 Å². The van der Waals surface area contributed by atoms with Gasteiger partial charge in [0.05, 0.1) is 22.3 Å². The summed E-state index contributed by atoms with van der Waals surface area (Å²) in [5, 5.41) is 9.25. The molecule has 0 bridgehead atoms. The van der Waals surface area contributed by atoms with Crippen molar-refractivity contribution in [3.05, 3.63) is 67.5 Å². The number of anilines is 2. The van der Waals surface area contributed by atoms with Crippen molar-refractivity contribution in [3.8, 4) is 0 Å². The summed E-state index contributed by atoms with van der Waals surface area (Å²) in [6, 6.07) is 6.71. The minimum atomic E-state index is -1.26. The Labute approximate surface area is 128 Å². The number of ketones is 1. The van der Waals surface area contributed by atoms with Gasteiger partial charge in [0.2, 0.25) is 10.9 Å². The van der Waals surface area contributed by atoms with Crippen LogP contribution in [0.15, 0.2) is 39.9 Å². The largest absolute Gasteiger partial charge is 0.478 e. The molecule has 0 radical (unpaired) electrons. The number of carboxylic acids is 1. The SMILES string of the molecule is Nc1c(C(=O)O)cccc1C(=O)c1ccc2c(=O)c(=O)c2c1N. The maximum atomic E-state index is 12.6. The average molecular weight is 310 g/mol. The van der Waals surface area contributed by atoms with Gasteiger partial charge in [-0.3, -0.25) is 14.4 Å². The first-order valence-corrected chi connectivity index (χ1v) is 6.52. The maximum absolute atomic E-state index is 12.6. The van der Waals surface area contributed by atoms with Crippen molar-refractivity contribution >= 4 is 33.9 Å². The third kappa shape index (κ3) is 1.90. The van der Waals surface area contributed by atoms with E-state index in [0.717, 1.165) is 0 Å². The molecule has 23 heavy (non-hydrogen) atoms. The second-order valence-electron chi connectivity index (χ2n) is 5.01. The lowest BCUT2D eigenvalue weighted by Gasteiger charge is -2.11. The number of nitrogen functional groups attached to an aromatic ring is 2. The van der Waals surface area contributed by atoms with E-state index in [2.05, 4.69) is 0 Å². The van der Waals surface area contributed by atoms with E-state index in [4.69, 9.17) is 16.6 Å². The van der Waals surface area contributed by atoms with Crippen LogP contribution in [0.2, 0.25) is 0 Å². The number of aromatic carboxylic acids is 1. The summed E-state index contributed by atoms with van der Waals surface area (Å²) in [4.78, 5) is 46.6. The van der Waals surface area contributed by atoms with Crippen LogP contribution in [0, 0.1) is 0 Å². The summed E-state index contributed by atoms with van der Waals surface area (Å²) in [7, 11) is 0. The highest BCUT2D eigenvalue weighted by molar-refractivity contribution is 6.19. The third-order valence-corrected chi connectivity index (χ3v) is 3.75. The maximum Gasteiger partial charge on any atom is 0.337 e. The fourth-order valence-electron chi connectivity index (χ4n) is 2.52. The minimum Gasteiger partial charge on any atom is -0.478 e. The highest BCUT2D eigenvalue weighted by Crippen LogP contribution is 2.27. The van der Waals surface area contributed by atoms with Crippen molar-refractivity contribution in [2.45, 2.75) is 0 Å². The van der Waals surface area contributed by atoms with Gasteiger partial charge in [0.15, 0.2) is 5.78 Å². The Bertz CT molecular complexity index is 1070. The Morgan fingerprint density at radius 3 is 2.09 bits per heavy atom. The summed E-state index contributed by atoms with van der Waals surface area (Å²) < 4.78 is 0. The van der Waals surface area contributed by atoms with Crippen molar-refractivity contribution in [1.82, 2.24) is 0 Å². The third-order valence-electron chi connectivity index (χ3n) is 3.75. The topological polar surface area (TPSA) is 141 Å². The summed E-state index contributed by atoms with van der Waals surface area (Å²) in [5.74, 6) is -1.87. The molecule has 0 amide bonds. The van der Waals surface area contributed by atoms with Crippen molar-refractivity contribution in [3.63, 3.8) is 0 Å². The molecule has 3 aromatic rings. The van der Waals surface area contributed by atoms with Crippen LogP contribution in [-0.2, 0) is 0 Å². The van der Waals surface area contributed by atoms with E-state index in [1.165, 1.54) is 30.3 Å². The van der Waals surface area contributed by atoms with Gasteiger partial charge in [-0.25, -0.2) is 4.79 Å². The van der Waals surface area contributed by atoms with Crippen LogP contribution in [0.3, 0.4) is 0 Å². The van der Waals surface area contributed by atoms with Crippen molar-refractivity contribution in [2.24, 2.45) is 0 Å². The molecule has 7 heteroatoms. The van der Waals surface area contributed by atoms with E-state index in [1.807, 2.05) is 0 Å². The Morgan fingerprint density at radius 2 is 1.43 bits per heavy atom. The monoisotopic (exact) mass is 310 g/mol. The van der Waals surface area contributed by atoms with E-state index < -0.39 is 22.6 Å². The first kappa shape index (κ1) is 14.5. The number of benzene rings is 2. The van der Waals surface area contributed by atoms with Gasteiger partial charge in [0.1, 0.15) is 0 Å². The van der Waals surface area contributed by atoms with E-state index >= 15 is 0 Å². The minimum absolute atomic E-state index is 0.00108. The molecule has 0 saturated heterocycles. The zero-order valence-electron chi connectivity index (χ0n) is 11.6. The molecule has 0 aromatic heterocycles. The normalized spacial score (nSPS) is 11.0. The van der Waals surface area contributed by atoms with Crippen LogP contribution >= 0.6 is 0 Å². The van der Waals surface area contributed by atoms with Crippen molar-refractivity contribution in [1.29, 1.82) is 0 Å². The Kier molecular flexibility index (Phi) is 3.00. The Hall–Kier alpha value is -3.48. The first-order valence-electron chi connectivity index (χ1n) is 6.52. The summed E-state index contributed by atoms with van der Waals surface area (Å²) in [6.07, 6.45) is 0. The molecule has 0 aliphatic heterocycles. The van der Waals surface area contributed by atoms with E-state index in [9.17, 15) is 19.2 Å². The molecular formula is C16H10N2O5. The highest BCUT2D eigenvalue weighted by atomic mass is 16.4. The fraction of sp³-hybridized carbons (Fsp3) is 0. The Morgan fingerprint density at radius 1 is 0.826 bits per heavy atom. The molecule has 114 valence electrons. The number of nitrogens with two attached hydrogens (primary N) is 2. The summed E-state index contributed by atoms with van der Waals surface area (Å²) in [5.41, 5.74) is 9.66. The molecule has 0 aliphatic rings. The second-order valence-corrected chi connectivity index (χ2v) is 5.01. The van der Waals surface area contributed by atoms with Crippen LogP contribution in [0.25, 0.3) is 10.8 Å². The van der Waals surface area contributed by atoms with Gasteiger partial charge in [-0.1, -0.05) is 6.07 Å². The fourth-order valence-corrected chi connectivity index (χ4v) is 2.52. The molecule has 0 aliphatic carbocycles. The molecule has 0 spiro atoms. The number of carbonyl (C=O) groups excluding carboxylic acids is 1. The van der Waals surface area contributed by atoms with Gasteiger partial charge in [0, 0.05) is 16.5 Å². The van der Waals surface area contributed by atoms with Gasteiger partial charge >= 0.3 is 5.97 Å². The summed E-state index contributed by atoms with van der Waals surface area (Å²) >= 11 is 0. The van der Waals surface area contributed by atoms with Crippen LogP contribution < -0.4 is 22.3 Å². The van der Waals surface area contributed by atoms with Crippen LogP contribution in [-0.4, -0.2) is 16.9 Å². The second kappa shape index (κ2) is 4.77. The number of para-hydroxylation sites is 1. The molecule has 7 nitrogen and oxygen atoms in total. The standard InChI is InChI=1S/C16H10N2O5/c17-11-7(2-1-3-9(11)16(22)23)13(19)8-5-4-6-10(12(8)18)15(21)14(6)20/h1-5H,17-18H2,(H,22,23). The van der Waals surface area contributed by atoms with Gasteiger partial charge in [0.25, 0.3) is 0 Å². The van der Waals surface area contributed by atoms with Crippen LogP contribution in [0.1, 0.15) is 26.3 Å². The lowest BCUT2D eigenvalue weighted by atomic mass is 9.93. The van der Waals surface area contributed by atoms with E-state index in [1.54, 1.807) is 0 Å². The molecule has 3 rings (SSSR count). The Balaban J connectivity index is 2.19. The molecule has 0 heterocycles. The van der Waals surface area contributed by atoms with Crippen LogP contribution in [0.4, 0.5) is 11.4 Å². The molecular weight excluding hydrogens is 300 g/mol. The zero-order valence-corrected chi connectivity index (χ0v) is 11.6. The molecule has 0 saturated carbocycles. The first-order chi connectivity index (χ1) is 10.8. The quantitative estimate of drug-likeness (QED) is 0.364. The molecule has 5 N–H and O–H groups in total. The van der Waals surface area contributed by atoms with Gasteiger partial charge in [-0.2, -0.15) is 0 Å². The number of carboxylic acid groups (broad SMARTS) is 1. The molecule has 0 fully saturated rings. The average Bonchev–Trinajstić information content (AvgIpc) is 2.53. The number of carbonyl (C=O) groups is 2. The highest BCUT2D eigenvalue weighted by Gasteiger charge is 2.23. The predicted molar refractivity (Wildman–Crippen MR) is 84.5 cm³/mol. The number of rotatable bonds is 3. The van der Waals surface area contributed by atoms with Crippen molar-refractivity contribution in [2.75, 3.05) is 11.5 Å². The van der Waals surface area contributed by atoms with E-state index in [-0.39, 0.29) is 38.8 Å². The molecule has 0 atom stereocenters.